The second-order valence-corrected chi connectivity index (χ2v) is 5.46. The molecule has 0 spiro atoms. The summed E-state index contributed by atoms with van der Waals surface area (Å²) in [7, 11) is 0. The molecule has 2 nitrogen and oxygen atoms in total. The molecule has 1 aromatic carbocycles. The maximum atomic E-state index is 13.0. The standard InChI is InChI=1S/C14H17F3N2/c15-14(16,17)12-4-2-1-3-9(12)5-13-11-8-18-6-10(11)7-19-13/h1-4,10-11,13,18-19H,5-8H2. The number of hydrogen-bond acceptors (Lipinski definition) is 2. The SMILES string of the molecule is FC(F)(F)c1ccccc1CC1NCC2CNCC21. The minimum Gasteiger partial charge on any atom is -0.316 e. The fraction of sp³-hybridized carbons (Fsp3) is 0.571. The highest BCUT2D eigenvalue weighted by Gasteiger charge is 2.40. The van der Waals surface area contributed by atoms with Gasteiger partial charge in [0.2, 0.25) is 0 Å². The van der Waals surface area contributed by atoms with Crippen molar-refractivity contribution in [2.75, 3.05) is 19.6 Å². The summed E-state index contributed by atoms with van der Waals surface area (Å²) < 4.78 is 38.9. The molecule has 3 unspecified atom stereocenters. The van der Waals surface area contributed by atoms with E-state index in [1.54, 1.807) is 12.1 Å². The molecule has 0 aromatic heterocycles. The van der Waals surface area contributed by atoms with Crippen molar-refractivity contribution in [1.82, 2.24) is 10.6 Å². The van der Waals surface area contributed by atoms with Gasteiger partial charge in [0.05, 0.1) is 5.56 Å². The molecule has 0 saturated carbocycles. The van der Waals surface area contributed by atoms with Crippen molar-refractivity contribution in [3.05, 3.63) is 35.4 Å². The first kappa shape index (κ1) is 12.9. The van der Waals surface area contributed by atoms with Gasteiger partial charge in [-0.2, -0.15) is 13.2 Å². The Labute approximate surface area is 110 Å². The molecular formula is C14H17F3N2. The van der Waals surface area contributed by atoms with Crippen molar-refractivity contribution < 1.29 is 13.2 Å². The third-order valence-electron chi connectivity index (χ3n) is 4.31. The Bertz CT molecular complexity index is 458. The summed E-state index contributed by atoms with van der Waals surface area (Å²) in [5.74, 6) is 1.03. The number of fused-ring (bicyclic) bond motifs is 1. The molecule has 2 N–H and O–H groups in total. The summed E-state index contributed by atoms with van der Waals surface area (Å²) in [4.78, 5) is 0. The number of benzene rings is 1. The maximum Gasteiger partial charge on any atom is 0.416 e. The Morgan fingerprint density at radius 2 is 1.89 bits per heavy atom. The highest BCUT2D eigenvalue weighted by molar-refractivity contribution is 5.30. The molecule has 2 aliphatic rings. The van der Waals surface area contributed by atoms with Gasteiger partial charge in [-0.05, 0) is 49.5 Å². The van der Waals surface area contributed by atoms with Crippen LogP contribution in [0.5, 0.6) is 0 Å². The van der Waals surface area contributed by atoms with Crippen LogP contribution in [0.25, 0.3) is 0 Å². The van der Waals surface area contributed by atoms with Crippen molar-refractivity contribution in [2.24, 2.45) is 11.8 Å². The Kier molecular flexibility index (Phi) is 3.27. The fourth-order valence-electron chi connectivity index (χ4n) is 3.34. The third-order valence-corrected chi connectivity index (χ3v) is 4.31. The average Bonchev–Trinajstić information content (AvgIpc) is 2.93. The van der Waals surface area contributed by atoms with Crippen LogP contribution in [0.1, 0.15) is 11.1 Å². The van der Waals surface area contributed by atoms with Crippen LogP contribution in [0.15, 0.2) is 24.3 Å². The van der Waals surface area contributed by atoms with Crippen molar-refractivity contribution in [3.63, 3.8) is 0 Å². The summed E-state index contributed by atoms with van der Waals surface area (Å²) in [6.45, 7) is 2.81. The van der Waals surface area contributed by atoms with E-state index in [4.69, 9.17) is 0 Å². The van der Waals surface area contributed by atoms with Crippen LogP contribution >= 0.6 is 0 Å². The second kappa shape index (κ2) is 4.80. The molecular weight excluding hydrogens is 253 g/mol. The van der Waals surface area contributed by atoms with Crippen LogP contribution < -0.4 is 10.6 Å². The lowest BCUT2D eigenvalue weighted by atomic mass is 9.89. The van der Waals surface area contributed by atoms with E-state index in [1.165, 1.54) is 12.1 Å². The van der Waals surface area contributed by atoms with Gasteiger partial charge in [-0.25, -0.2) is 0 Å². The predicted molar refractivity (Wildman–Crippen MR) is 66.8 cm³/mol. The maximum absolute atomic E-state index is 13.0. The van der Waals surface area contributed by atoms with Crippen molar-refractivity contribution >= 4 is 0 Å². The van der Waals surface area contributed by atoms with Crippen LogP contribution in [0.3, 0.4) is 0 Å². The predicted octanol–water partition coefficient (Wildman–Crippen LogP) is 2.06. The van der Waals surface area contributed by atoms with Crippen LogP contribution in [0.4, 0.5) is 13.2 Å². The van der Waals surface area contributed by atoms with Gasteiger partial charge in [0.1, 0.15) is 0 Å². The third kappa shape index (κ3) is 2.49. The second-order valence-electron chi connectivity index (χ2n) is 5.46. The lowest BCUT2D eigenvalue weighted by molar-refractivity contribution is -0.138. The molecule has 0 amide bonds. The largest absolute Gasteiger partial charge is 0.416 e. The molecule has 0 radical (unpaired) electrons. The van der Waals surface area contributed by atoms with Crippen LogP contribution in [0.2, 0.25) is 0 Å². The molecule has 2 fully saturated rings. The molecule has 3 atom stereocenters. The van der Waals surface area contributed by atoms with Crippen LogP contribution in [0, 0.1) is 11.8 Å². The van der Waals surface area contributed by atoms with Crippen molar-refractivity contribution in [3.8, 4) is 0 Å². The average molecular weight is 270 g/mol. The molecule has 104 valence electrons. The fourth-order valence-corrected chi connectivity index (χ4v) is 3.34. The smallest absolute Gasteiger partial charge is 0.316 e. The van der Waals surface area contributed by atoms with E-state index < -0.39 is 11.7 Å². The minimum absolute atomic E-state index is 0.156. The normalized spacial score (nSPS) is 30.6. The number of nitrogens with one attached hydrogen (secondary N) is 2. The summed E-state index contributed by atoms with van der Waals surface area (Å²) in [5, 5.41) is 6.70. The van der Waals surface area contributed by atoms with E-state index in [0.29, 0.717) is 23.8 Å². The number of halogens is 3. The monoisotopic (exact) mass is 270 g/mol. The Morgan fingerprint density at radius 1 is 1.11 bits per heavy atom. The molecule has 3 rings (SSSR count). The number of alkyl halides is 3. The van der Waals surface area contributed by atoms with Crippen LogP contribution in [-0.4, -0.2) is 25.7 Å². The zero-order valence-corrected chi connectivity index (χ0v) is 10.5. The van der Waals surface area contributed by atoms with E-state index in [2.05, 4.69) is 10.6 Å². The van der Waals surface area contributed by atoms with E-state index >= 15 is 0 Å². The Balaban J connectivity index is 1.80. The summed E-state index contributed by atoms with van der Waals surface area (Å²) in [5.41, 5.74) is -0.0914. The Hall–Kier alpha value is -1.07. The van der Waals surface area contributed by atoms with Gasteiger partial charge >= 0.3 is 6.18 Å². The van der Waals surface area contributed by atoms with Gasteiger partial charge in [-0.15, -0.1) is 0 Å². The van der Waals surface area contributed by atoms with E-state index in [9.17, 15) is 13.2 Å². The zero-order valence-electron chi connectivity index (χ0n) is 10.5. The van der Waals surface area contributed by atoms with Gasteiger partial charge in [0.25, 0.3) is 0 Å². The molecule has 2 saturated heterocycles. The molecule has 0 aliphatic carbocycles. The van der Waals surface area contributed by atoms with Gasteiger partial charge < -0.3 is 10.6 Å². The molecule has 5 heteroatoms. The first-order chi connectivity index (χ1) is 9.05. The summed E-state index contributed by atoms with van der Waals surface area (Å²) in [6.07, 6.45) is -3.80. The molecule has 1 aromatic rings. The van der Waals surface area contributed by atoms with Gasteiger partial charge in [0, 0.05) is 6.04 Å². The molecule has 19 heavy (non-hydrogen) atoms. The minimum atomic E-state index is -4.26. The number of hydrogen-bond donors (Lipinski definition) is 2. The highest BCUT2D eigenvalue weighted by Crippen LogP contribution is 2.34. The lowest BCUT2D eigenvalue weighted by Gasteiger charge is -2.20. The Morgan fingerprint density at radius 3 is 2.68 bits per heavy atom. The summed E-state index contributed by atoms with van der Waals surface area (Å²) >= 11 is 0. The van der Waals surface area contributed by atoms with E-state index in [-0.39, 0.29) is 6.04 Å². The van der Waals surface area contributed by atoms with Crippen molar-refractivity contribution in [1.29, 1.82) is 0 Å². The molecule has 2 heterocycles. The van der Waals surface area contributed by atoms with Gasteiger partial charge in [-0.1, -0.05) is 18.2 Å². The highest BCUT2D eigenvalue weighted by atomic mass is 19.4. The number of rotatable bonds is 2. The van der Waals surface area contributed by atoms with Gasteiger partial charge in [-0.3, -0.25) is 0 Å². The zero-order chi connectivity index (χ0) is 13.5. The van der Waals surface area contributed by atoms with Crippen LogP contribution in [-0.2, 0) is 12.6 Å². The lowest BCUT2D eigenvalue weighted by Crippen LogP contribution is -2.33. The van der Waals surface area contributed by atoms with E-state index in [0.717, 1.165) is 19.6 Å². The van der Waals surface area contributed by atoms with E-state index in [1.807, 2.05) is 0 Å². The molecule has 0 bridgehead atoms. The first-order valence-electron chi connectivity index (χ1n) is 6.65. The quantitative estimate of drug-likeness (QED) is 0.859. The first-order valence-corrected chi connectivity index (χ1v) is 6.65. The van der Waals surface area contributed by atoms with Gasteiger partial charge in [0.15, 0.2) is 0 Å². The molecule has 2 aliphatic heterocycles. The summed E-state index contributed by atoms with van der Waals surface area (Å²) in [6, 6.07) is 6.07. The topological polar surface area (TPSA) is 24.1 Å². The van der Waals surface area contributed by atoms with Crippen molar-refractivity contribution in [2.45, 2.75) is 18.6 Å².